The molecule has 0 aliphatic carbocycles. The maximum atomic E-state index is 11.6. The summed E-state index contributed by atoms with van der Waals surface area (Å²) in [6, 6.07) is 10.5. The van der Waals surface area contributed by atoms with Crippen LogP contribution in [0.2, 0.25) is 0 Å². The van der Waals surface area contributed by atoms with Crippen LogP contribution in [0.1, 0.15) is 24.8 Å². The molecule has 2 heterocycles. The van der Waals surface area contributed by atoms with Crippen molar-refractivity contribution in [2.45, 2.75) is 14.0 Å². The van der Waals surface area contributed by atoms with Gasteiger partial charge in [0.15, 0.2) is 0 Å². The first-order valence-electron chi connectivity index (χ1n) is 9.20. The summed E-state index contributed by atoms with van der Waals surface area (Å²) in [6.45, 7) is -0.000967. The maximum absolute atomic E-state index is 11.6. The molecule has 0 saturated heterocycles. The fraction of sp³-hybridized carbons (Fsp3) is 0.318. The van der Waals surface area contributed by atoms with E-state index in [4.69, 9.17) is 5.11 Å². The quantitative estimate of drug-likeness (QED) is 0.295. The number of methoxy groups -OCH3 is 1. The number of esters is 1. The van der Waals surface area contributed by atoms with Crippen LogP contribution in [0, 0.1) is 0 Å². The third kappa shape index (κ3) is 5.36. The second-order valence-electron chi connectivity index (χ2n) is 6.98. The number of ether oxygens (including phenoxy) is 1. The van der Waals surface area contributed by atoms with Gasteiger partial charge in [-0.2, -0.15) is 0 Å². The Kier molecular flexibility index (Phi) is 10.7. The number of fused-ring (bicyclic) bond motifs is 2. The summed E-state index contributed by atoms with van der Waals surface area (Å²) in [5, 5.41) is 8.97. The van der Waals surface area contributed by atoms with Crippen LogP contribution in [0.5, 0.6) is 0 Å². The number of imidazole rings is 2. The Bertz CT molecular complexity index is 1390. The first kappa shape index (κ1) is 30.1. The van der Waals surface area contributed by atoms with Gasteiger partial charge in [-0.1, -0.05) is 13.5 Å². The van der Waals surface area contributed by atoms with E-state index in [1.165, 1.54) is 16.2 Å². The van der Waals surface area contributed by atoms with Crippen molar-refractivity contribution in [3.63, 3.8) is 0 Å². The maximum Gasteiger partial charge on any atom is 1.00 e. The van der Waals surface area contributed by atoms with Gasteiger partial charge in [-0.25, -0.2) is 14.4 Å². The number of rotatable bonds is 2. The fourth-order valence-corrected chi connectivity index (χ4v) is 3.40. The van der Waals surface area contributed by atoms with Crippen molar-refractivity contribution in [1.82, 2.24) is 18.3 Å². The van der Waals surface area contributed by atoms with Gasteiger partial charge in [0, 0.05) is 36.6 Å². The van der Waals surface area contributed by atoms with Gasteiger partial charge < -0.3 is 11.3 Å². The molecular weight excluding hydrogens is 418 g/mol. The SMILES string of the molecule is C.COC(=O)c1ccc2c(c1)n(C)c(=O)n2C.Cn1c(=O)n(C)c2cc(CO)ccc21.[B].[H-].[Li+]. The van der Waals surface area contributed by atoms with Crippen LogP contribution in [-0.2, 0) is 39.5 Å². The number of carbonyl (C=O) groups excluding carboxylic acids is 1. The number of aromatic nitrogens is 4. The van der Waals surface area contributed by atoms with Crippen LogP contribution < -0.4 is 30.2 Å². The molecule has 4 rings (SSSR count). The van der Waals surface area contributed by atoms with Gasteiger partial charge in [0.25, 0.3) is 0 Å². The van der Waals surface area contributed by atoms with E-state index in [2.05, 4.69) is 4.74 Å². The van der Waals surface area contributed by atoms with E-state index >= 15 is 0 Å². The minimum atomic E-state index is -0.404. The summed E-state index contributed by atoms with van der Waals surface area (Å²) < 4.78 is 10.8. The molecule has 0 atom stereocenters. The largest absolute Gasteiger partial charge is 1.00 e. The van der Waals surface area contributed by atoms with Crippen molar-refractivity contribution in [1.29, 1.82) is 0 Å². The normalized spacial score (nSPS) is 9.88. The number of aryl methyl sites for hydroxylation is 4. The van der Waals surface area contributed by atoms with E-state index in [0.717, 1.165) is 27.6 Å². The van der Waals surface area contributed by atoms with Gasteiger partial charge >= 0.3 is 36.2 Å². The van der Waals surface area contributed by atoms with Gasteiger partial charge in [0.2, 0.25) is 0 Å². The number of nitrogens with zero attached hydrogens (tertiary/aromatic N) is 4. The molecular formula is C22H29BLiN4O5. The van der Waals surface area contributed by atoms with E-state index in [-0.39, 0.29) is 54.1 Å². The second-order valence-corrected chi connectivity index (χ2v) is 6.98. The summed E-state index contributed by atoms with van der Waals surface area (Å²) in [5.74, 6) is -0.404. The Morgan fingerprint density at radius 3 is 1.73 bits per heavy atom. The third-order valence-corrected chi connectivity index (χ3v) is 5.21. The summed E-state index contributed by atoms with van der Waals surface area (Å²) in [4.78, 5) is 34.5. The Hall–Kier alpha value is -2.93. The molecule has 0 unspecified atom stereocenters. The molecule has 0 bridgehead atoms. The average Bonchev–Trinajstić information content (AvgIpc) is 3.13. The number of benzene rings is 2. The van der Waals surface area contributed by atoms with Gasteiger partial charge in [-0.05, 0) is 35.9 Å². The number of aliphatic hydroxyl groups excluding tert-OH is 1. The first-order valence-corrected chi connectivity index (χ1v) is 9.20. The molecule has 0 aliphatic heterocycles. The first-order chi connectivity index (χ1) is 14.2. The summed E-state index contributed by atoms with van der Waals surface area (Å²) in [5.41, 5.74) is 4.34. The van der Waals surface area contributed by atoms with Gasteiger partial charge in [0.1, 0.15) is 0 Å². The number of carbonyl (C=O) groups is 1. The Morgan fingerprint density at radius 2 is 1.27 bits per heavy atom. The smallest absolute Gasteiger partial charge is 1.00 e. The van der Waals surface area contributed by atoms with Crippen molar-refractivity contribution >= 4 is 36.4 Å². The molecule has 0 spiro atoms. The molecule has 171 valence electrons. The Morgan fingerprint density at radius 1 is 0.848 bits per heavy atom. The van der Waals surface area contributed by atoms with E-state index in [0.29, 0.717) is 5.56 Å². The Labute approximate surface area is 207 Å². The van der Waals surface area contributed by atoms with Crippen molar-refractivity contribution in [3.8, 4) is 0 Å². The summed E-state index contributed by atoms with van der Waals surface area (Å²) in [6.07, 6.45) is 0. The molecule has 0 fully saturated rings. The zero-order chi connectivity index (χ0) is 22.2. The van der Waals surface area contributed by atoms with Gasteiger partial charge in [-0.3, -0.25) is 18.3 Å². The third-order valence-electron chi connectivity index (χ3n) is 5.21. The minimum Gasteiger partial charge on any atom is -1.00 e. The molecule has 4 aromatic rings. The van der Waals surface area contributed by atoms with Gasteiger partial charge in [-0.15, -0.1) is 0 Å². The van der Waals surface area contributed by atoms with Crippen molar-refractivity contribution < 1.29 is 34.9 Å². The monoisotopic (exact) mass is 447 g/mol. The zero-order valence-electron chi connectivity index (χ0n) is 20.1. The molecule has 0 saturated carbocycles. The van der Waals surface area contributed by atoms with Crippen LogP contribution >= 0.6 is 0 Å². The molecule has 33 heavy (non-hydrogen) atoms. The van der Waals surface area contributed by atoms with Crippen molar-refractivity contribution in [3.05, 3.63) is 68.5 Å². The average molecular weight is 447 g/mol. The van der Waals surface area contributed by atoms with E-state index < -0.39 is 5.97 Å². The van der Waals surface area contributed by atoms with Crippen molar-refractivity contribution in [2.75, 3.05) is 7.11 Å². The van der Waals surface area contributed by atoms with E-state index in [1.807, 2.05) is 18.2 Å². The van der Waals surface area contributed by atoms with Crippen LogP contribution in [0.3, 0.4) is 0 Å². The number of aliphatic hydroxyl groups is 1. The molecule has 0 aliphatic rings. The molecule has 9 nitrogen and oxygen atoms in total. The van der Waals surface area contributed by atoms with Gasteiger partial charge in [0.05, 0.1) is 41.3 Å². The summed E-state index contributed by atoms with van der Waals surface area (Å²) in [7, 11) is 8.17. The molecule has 1 N–H and O–H groups in total. The minimum absolute atomic E-state index is 0. The number of hydrogen-bond donors (Lipinski definition) is 1. The Balaban J connectivity index is 0. The number of hydrogen-bond acceptors (Lipinski definition) is 5. The van der Waals surface area contributed by atoms with Crippen LogP contribution in [0.4, 0.5) is 0 Å². The second kappa shape index (κ2) is 11.8. The van der Waals surface area contributed by atoms with Crippen LogP contribution in [0.15, 0.2) is 46.0 Å². The van der Waals surface area contributed by atoms with Crippen molar-refractivity contribution in [2.24, 2.45) is 28.2 Å². The molecule has 2 aromatic carbocycles. The topological polar surface area (TPSA) is 100 Å². The fourth-order valence-electron chi connectivity index (χ4n) is 3.40. The predicted molar refractivity (Wildman–Crippen MR) is 127 cm³/mol. The van der Waals surface area contributed by atoms with Crippen LogP contribution in [-0.4, -0.2) is 44.9 Å². The molecule has 3 radical (unpaired) electrons. The predicted octanol–water partition coefficient (Wildman–Crippen LogP) is -1.60. The molecule has 11 heteroatoms. The zero-order valence-corrected chi connectivity index (χ0v) is 19.1. The standard InChI is InChI=1S/C11H12N2O3.C10H12N2O2.CH4.B.Li.H/c1-12-8-5-4-7(10(14)16-3)6-9(8)13(2)11(12)15;1-11-8-4-3-7(6-13)5-9(8)12(2)10(11)14;;;;/h4-6H,1-3H3;3-5,13H,6H2,1-2H3;1H4;;;/q;;;;+1;-1. The van der Waals surface area contributed by atoms with E-state index in [9.17, 15) is 14.4 Å². The summed E-state index contributed by atoms with van der Waals surface area (Å²) >= 11 is 0. The van der Waals surface area contributed by atoms with Crippen LogP contribution in [0.25, 0.3) is 22.1 Å². The van der Waals surface area contributed by atoms with E-state index in [1.54, 1.807) is 55.5 Å². The molecule has 2 aromatic heterocycles. The molecule has 0 amide bonds.